The molecular weight excluding hydrogens is 257 g/mol. The van der Waals surface area contributed by atoms with Crippen molar-refractivity contribution in [3.63, 3.8) is 0 Å². The number of hydrogen-bond acceptors (Lipinski definition) is 2. The van der Waals surface area contributed by atoms with Crippen LogP contribution in [-0.2, 0) is 0 Å². The molecule has 0 aliphatic heterocycles. The SMILES string of the molecule is OC(c1ncc[nH]1)c1ccc(F)n2ccc(Cl)c12. The molecule has 0 amide bonds. The van der Waals surface area contributed by atoms with E-state index in [1.807, 2.05) is 0 Å². The summed E-state index contributed by atoms with van der Waals surface area (Å²) in [6, 6.07) is 4.37. The molecule has 1 atom stereocenters. The summed E-state index contributed by atoms with van der Waals surface area (Å²) in [5.41, 5.74) is 0.946. The Morgan fingerprint density at radius 1 is 1.39 bits per heavy atom. The molecule has 0 saturated heterocycles. The van der Waals surface area contributed by atoms with E-state index in [2.05, 4.69) is 9.97 Å². The molecular formula is C12H9ClFN3O. The van der Waals surface area contributed by atoms with Crippen LogP contribution in [0, 0.1) is 5.95 Å². The summed E-state index contributed by atoms with van der Waals surface area (Å²) in [5, 5.41) is 10.6. The van der Waals surface area contributed by atoms with Gasteiger partial charge in [0.1, 0.15) is 11.9 Å². The van der Waals surface area contributed by atoms with Gasteiger partial charge in [-0.1, -0.05) is 11.6 Å². The zero-order valence-corrected chi connectivity index (χ0v) is 9.89. The number of nitrogens with zero attached hydrogens (tertiary/aromatic N) is 2. The molecule has 0 bridgehead atoms. The van der Waals surface area contributed by atoms with Crippen molar-refractivity contribution in [3.05, 3.63) is 59.1 Å². The molecule has 3 rings (SSSR count). The van der Waals surface area contributed by atoms with Crippen LogP contribution in [0.3, 0.4) is 0 Å². The molecule has 0 radical (unpaired) electrons. The third-order valence-corrected chi connectivity index (χ3v) is 3.12. The van der Waals surface area contributed by atoms with E-state index in [9.17, 15) is 9.50 Å². The first kappa shape index (κ1) is 11.3. The third kappa shape index (κ3) is 1.60. The highest BCUT2D eigenvalue weighted by Gasteiger charge is 2.19. The van der Waals surface area contributed by atoms with Crippen molar-refractivity contribution < 1.29 is 9.50 Å². The molecule has 0 spiro atoms. The summed E-state index contributed by atoms with van der Waals surface area (Å²) in [4.78, 5) is 6.80. The van der Waals surface area contributed by atoms with Gasteiger partial charge in [0.15, 0.2) is 5.95 Å². The summed E-state index contributed by atoms with van der Waals surface area (Å²) in [7, 11) is 0. The van der Waals surface area contributed by atoms with Crippen LogP contribution in [0.15, 0.2) is 36.8 Å². The minimum Gasteiger partial charge on any atom is -0.380 e. The second-order valence-electron chi connectivity index (χ2n) is 3.87. The minimum absolute atomic E-state index is 0.384. The number of hydrogen-bond donors (Lipinski definition) is 2. The molecule has 18 heavy (non-hydrogen) atoms. The number of fused-ring (bicyclic) bond motifs is 1. The van der Waals surface area contributed by atoms with Gasteiger partial charge in [-0.3, -0.25) is 4.40 Å². The van der Waals surface area contributed by atoms with Gasteiger partial charge < -0.3 is 10.1 Å². The topological polar surface area (TPSA) is 53.3 Å². The molecule has 0 saturated carbocycles. The Hall–Kier alpha value is -1.85. The van der Waals surface area contributed by atoms with Gasteiger partial charge in [0, 0.05) is 24.2 Å². The van der Waals surface area contributed by atoms with Crippen molar-refractivity contribution in [3.8, 4) is 0 Å². The average molecular weight is 266 g/mol. The summed E-state index contributed by atoms with van der Waals surface area (Å²) >= 11 is 6.03. The van der Waals surface area contributed by atoms with E-state index >= 15 is 0 Å². The van der Waals surface area contributed by atoms with Gasteiger partial charge in [0.05, 0.1) is 10.5 Å². The smallest absolute Gasteiger partial charge is 0.198 e. The first-order valence-corrected chi connectivity index (χ1v) is 5.68. The van der Waals surface area contributed by atoms with Crippen LogP contribution in [0.5, 0.6) is 0 Å². The van der Waals surface area contributed by atoms with Gasteiger partial charge in [-0.15, -0.1) is 0 Å². The number of H-pyrrole nitrogens is 1. The Kier molecular flexibility index (Phi) is 2.57. The van der Waals surface area contributed by atoms with Crippen molar-refractivity contribution in [2.75, 3.05) is 0 Å². The number of pyridine rings is 1. The lowest BCUT2D eigenvalue weighted by Crippen LogP contribution is -2.05. The second kappa shape index (κ2) is 4.12. The summed E-state index contributed by atoms with van der Waals surface area (Å²) in [6.07, 6.45) is 3.69. The van der Waals surface area contributed by atoms with Crippen molar-refractivity contribution in [2.24, 2.45) is 0 Å². The first-order chi connectivity index (χ1) is 8.68. The molecule has 0 aliphatic rings. The largest absolute Gasteiger partial charge is 0.380 e. The summed E-state index contributed by atoms with van der Waals surface area (Å²) in [5.74, 6) is -0.0481. The summed E-state index contributed by atoms with van der Waals surface area (Å²) < 4.78 is 14.9. The maximum absolute atomic E-state index is 13.6. The van der Waals surface area contributed by atoms with Crippen LogP contribution in [-0.4, -0.2) is 19.5 Å². The number of rotatable bonds is 2. The number of nitrogens with one attached hydrogen (secondary N) is 1. The Bertz CT molecular complexity index is 693. The number of imidazole rings is 1. The Balaban J connectivity index is 2.23. The Morgan fingerprint density at radius 3 is 2.94 bits per heavy atom. The number of aliphatic hydroxyl groups is 1. The average Bonchev–Trinajstić information content (AvgIpc) is 3.00. The maximum atomic E-state index is 13.6. The molecule has 0 aromatic carbocycles. The van der Waals surface area contributed by atoms with Gasteiger partial charge in [-0.2, -0.15) is 4.39 Å². The van der Waals surface area contributed by atoms with Gasteiger partial charge in [-0.05, 0) is 18.2 Å². The minimum atomic E-state index is -0.976. The number of aromatic nitrogens is 3. The maximum Gasteiger partial charge on any atom is 0.198 e. The van der Waals surface area contributed by atoms with E-state index in [1.54, 1.807) is 18.5 Å². The Morgan fingerprint density at radius 2 is 2.22 bits per heavy atom. The fourth-order valence-corrected chi connectivity index (χ4v) is 2.23. The molecule has 3 aromatic rings. The molecule has 3 heterocycles. The standard InChI is InChI=1S/C12H9ClFN3O/c13-8-3-6-17-9(14)2-1-7(10(8)17)11(18)12-15-4-5-16-12/h1-6,11,18H,(H,15,16). The lowest BCUT2D eigenvalue weighted by atomic mass is 10.1. The van der Waals surface area contributed by atoms with Crippen LogP contribution < -0.4 is 0 Å². The number of halogens is 2. The summed E-state index contributed by atoms with van der Waals surface area (Å²) in [6.45, 7) is 0. The van der Waals surface area contributed by atoms with Crippen LogP contribution in [0.1, 0.15) is 17.5 Å². The van der Waals surface area contributed by atoms with Crippen LogP contribution >= 0.6 is 11.6 Å². The van der Waals surface area contributed by atoms with Crippen molar-refractivity contribution in [1.29, 1.82) is 0 Å². The molecule has 1 unspecified atom stereocenters. The lowest BCUT2D eigenvalue weighted by molar-refractivity contribution is 0.212. The van der Waals surface area contributed by atoms with Crippen LogP contribution in [0.25, 0.3) is 5.52 Å². The molecule has 0 fully saturated rings. The predicted molar refractivity (Wildman–Crippen MR) is 65.0 cm³/mol. The van der Waals surface area contributed by atoms with Crippen molar-refractivity contribution >= 4 is 17.1 Å². The van der Waals surface area contributed by atoms with E-state index in [0.717, 1.165) is 0 Å². The molecule has 2 N–H and O–H groups in total. The lowest BCUT2D eigenvalue weighted by Gasteiger charge is -2.11. The van der Waals surface area contributed by atoms with Crippen molar-refractivity contribution in [2.45, 2.75) is 6.10 Å². The highest BCUT2D eigenvalue weighted by molar-refractivity contribution is 6.34. The predicted octanol–water partition coefficient (Wildman–Crippen LogP) is 2.54. The molecule has 6 heteroatoms. The Labute approximate surface area is 107 Å². The fraction of sp³-hybridized carbons (Fsp3) is 0.0833. The second-order valence-corrected chi connectivity index (χ2v) is 4.28. The van der Waals surface area contributed by atoms with Gasteiger partial charge in [0.2, 0.25) is 0 Å². The molecule has 92 valence electrons. The van der Waals surface area contributed by atoms with E-state index in [-0.39, 0.29) is 0 Å². The van der Waals surface area contributed by atoms with E-state index in [4.69, 9.17) is 11.6 Å². The monoisotopic (exact) mass is 265 g/mol. The van der Waals surface area contributed by atoms with E-state index < -0.39 is 12.1 Å². The van der Waals surface area contributed by atoms with Crippen LogP contribution in [0.2, 0.25) is 5.02 Å². The molecule has 3 aromatic heterocycles. The zero-order valence-electron chi connectivity index (χ0n) is 9.14. The fourth-order valence-electron chi connectivity index (χ4n) is 1.98. The quantitative estimate of drug-likeness (QED) is 0.700. The van der Waals surface area contributed by atoms with E-state index in [0.29, 0.717) is 21.9 Å². The van der Waals surface area contributed by atoms with Crippen LogP contribution in [0.4, 0.5) is 4.39 Å². The third-order valence-electron chi connectivity index (χ3n) is 2.81. The van der Waals surface area contributed by atoms with E-state index in [1.165, 1.54) is 22.7 Å². The zero-order chi connectivity index (χ0) is 12.7. The van der Waals surface area contributed by atoms with Crippen molar-refractivity contribution in [1.82, 2.24) is 14.4 Å². The van der Waals surface area contributed by atoms with Gasteiger partial charge in [-0.25, -0.2) is 4.98 Å². The number of aliphatic hydroxyl groups excluding tert-OH is 1. The number of aromatic amines is 1. The highest BCUT2D eigenvalue weighted by Crippen LogP contribution is 2.29. The highest BCUT2D eigenvalue weighted by atomic mass is 35.5. The molecule has 4 nitrogen and oxygen atoms in total. The molecule has 0 aliphatic carbocycles. The first-order valence-electron chi connectivity index (χ1n) is 5.31. The van der Waals surface area contributed by atoms with Gasteiger partial charge >= 0.3 is 0 Å². The normalized spacial score (nSPS) is 13.1. The van der Waals surface area contributed by atoms with Gasteiger partial charge in [0.25, 0.3) is 0 Å².